The van der Waals surface area contributed by atoms with Crippen molar-refractivity contribution in [2.75, 3.05) is 17.7 Å². The molecule has 0 amide bonds. The van der Waals surface area contributed by atoms with Gasteiger partial charge in [0.05, 0.1) is 0 Å². The average Bonchev–Trinajstić information content (AvgIpc) is 2.19. The van der Waals surface area contributed by atoms with Crippen molar-refractivity contribution in [3.8, 4) is 0 Å². The van der Waals surface area contributed by atoms with Gasteiger partial charge in [0.1, 0.15) is 5.82 Å². The standard InChI is InChI=1S/C12H22N4/c1-8(2)6-10(4)16(5)11-9(3)7-14-12(13)15-11/h7-8,10H,6H2,1-5H3,(H2,13,14,15). The summed E-state index contributed by atoms with van der Waals surface area (Å²) in [6.07, 6.45) is 2.91. The van der Waals surface area contributed by atoms with E-state index in [2.05, 4.69) is 42.7 Å². The first-order chi connectivity index (χ1) is 7.41. The third-order valence-electron chi connectivity index (χ3n) is 2.77. The Morgan fingerprint density at radius 1 is 1.38 bits per heavy atom. The second-order valence-corrected chi connectivity index (χ2v) is 4.82. The summed E-state index contributed by atoms with van der Waals surface area (Å²) in [5.41, 5.74) is 6.68. The molecule has 0 aliphatic rings. The number of rotatable bonds is 4. The Labute approximate surface area is 97.9 Å². The fraction of sp³-hybridized carbons (Fsp3) is 0.667. The molecule has 0 aliphatic carbocycles. The molecule has 1 unspecified atom stereocenters. The molecule has 16 heavy (non-hydrogen) atoms. The molecular weight excluding hydrogens is 200 g/mol. The van der Waals surface area contributed by atoms with E-state index in [1.807, 2.05) is 6.92 Å². The van der Waals surface area contributed by atoms with E-state index in [1.165, 1.54) is 0 Å². The van der Waals surface area contributed by atoms with Gasteiger partial charge in [0.15, 0.2) is 0 Å². The highest BCUT2D eigenvalue weighted by atomic mass is 15.2. The van der Waals surface area contributed by atoms with Gasteiger partial charge in [-0.05, 0) is 26.2 Å². The molecule has 2 N–H and O–H groups in total. The SMILES string of the molecule is Cc1cnc(N)nc1N(C)C(C)CC(C)C. The Balaban J connectivity index is 2.86. The summed E-state index contributed by atoms with van der Waals surface area (Å²) in [6, 6.07) is 0.452. The van der Waals surface area contributed by atoms with Crippen molar-refractivity contribution in [2.45, 2.75) is 40.2 Å². The van der Waals surface area contributed by atoms with Crippen molar-refractivity contribution in [1.82, 2.24) is 9.97 Å². The highest BCUT2D eigenvalue weighted by molar-refractivity contribution is 5.47. The quantitative estimate of drug-likeness (QED) is 0.849. The highest BCUT2D eigenvalue weighted by Gasteiger charge is 2.15. The maximum absolute atomic E-state index is 5.62. The zero-order valence-corrected chi connectivity index (χ0v) is 10.9. The monoisotopic (exact) mass is 222 g/mol. The zero-order valence-electron chi connectivity index (χ0n) is 10.9. The minimum absolute atomic E-state index is 0.337. The van der Waals surface area contributed by atoms with Gasteiger partial charge in [0.25, 0.3) is 0 Å². The van der Waals surface area contributed by atoms with Crippen LogP contribution in [0.5, 0.6) is 0 Å². The molecule has 1 heterocycles. The molecule has 0 spiro atoms. The molecule has 0 aliphatic heterocycles. The molecule has 0 radical (unpaired) electrons. The first kappa shape index (κ1) is 12.7. The molecule has 0 saturated carbocycles. The summed E-state index contributed by atoms with van der Waals surface area (Å²) < 4.78 is 0. The van der Waals surface area contributed by atoms with Crippen molar-refractivity contribution in [1.29, 1.82) is 0 Å². The summed E-state index contributed by atoms with van der Waals surface area (Å²) in [5, 5.41) is 0. The molecule has 4 heteroatoms. The summed E-state index contributed by atoms with van der Waals surface area (Å²) in [6.45, 7) is 8.67. The Hall–Kier alpha value is -1.32. The molecule has 1 rings (SSSR count). The van der Waals surface area contributed by atoms with Crippen molar-refractivity contribution >= 4 is 11.8 Å². The number of anilines is 2. The minimum Gasteiger partial charge on any atom is -0.368 e. The Morgan fingerprint density at radius 2 is 2.00 bits per heavy atom. The van der Waals surface area contributed by atoms with E-state index in [0.29, 0.717) is 17.9 Å². The molecule has 1 atom stereocenters. The second kappa shape index (κ2) is 5.14. The van der Waals surface area contributed by atoms with Crippen LogP contribution in [0.4, 0.5) is 11.8 Å². The smallest absolute Gasteiger partial charge is 0.221 e. The van der Waals surface area contributed by atoms with Crippen LogP contribution in [0.2, 0.25) is 0 Å². The van der Waals surface area contributed by atoms with Crippen LogP contribution in [-0.4, -0.2) is 23.1 Å². The van der Waals surface area contributed by atoms with E-state index in [4.69, 9.17) is 5.73 Å². The molecule has 1 aromatic rings. The number of nitrogen functional groups attached to an aromatic ring is 1. The predicted octanol–water partition coefficient (Wildman–Crippen LogP) is 2.24. The van der Waals surface area contributed by atoms with Crippen molar-refractivity contribution in [3.05, 3.63) is 11.8 Å². The van der Waals surface area contributed by atoms with Crippen LogP contribution in [-0.2, 0) is 0 Å². The first-order valence-electron chi connectivity index (χ1n) is 5.73. The molecule has 0 bridgehead atoms. The highest BCUT2D eigenvalue weighted by Crippen LogP contribution is 2.20. The van der Waals surface area contributed by atoms with E-state index >= 15 is 0 Å². The van der Waals surface area contributed by atoms with E-state index in [0.717, 1.165) is 17.8 Å². The van der Waals surface area contributed by atoms with Gasteiger partial charge >= 0.3 is 0 Å². The Bertz CT molecular complexity index is 349. The Morgan fingerprint density at radius 3 is 2.56 bits per heavy atom. The number of aromatic nitrogens is 2. The normalized spacial score (nSPS) is 12.9. The fourth-order valence-corrected chi connectivity index (χ4v) is 1.85. The van der Waals surface area contributed by atoms with E-state index in [-0.39, 0.29) is 0 Å². The molecule has 0 saturated heterocycles. The zero-order chi connectivity index (χ0) is 12.3. The molecular formula is C12H22N4. The number of hydrogen-bond acceptors (Lipinski definition) is 4. The van der Waals surface area contributed by atoms with Gasteiger partial charge in [-0.25, -0.2) is 4.98 Å². The van der Waals surface area contributed by atoms with Gasteiger partial charge in [-0.1, -0.05) is 13.8 Å². The number of nitrogens with zero attached hydrogens (tertiary/aromatic N) is 3. The lowest BCUT2D eigenvalue weighted by molar-refractivity contribution is 0.501. The van der Waals surface area contributed by atoms with Crippen LogP contribution >= 0.6 is 0 Å². The molecule has 1 aromatic heterocycles. The summed E-state index contributed by atoms with van der Waals surface area (Å²) in [5.74, 6) is 1.95. The number of nitrogens with two attached hydrogens (primary N) is 1. The topological polar surface area (TPSA) is 55.0 Å². The minimum atomic E-state index is 0.337. The van der Waals surface area contributed by atoms with E-state index < -0.39 is 0 Å². The maximum atomic E-state index is 5.62. The van der Waals surface area contributed by atoms with E-state index in [9.17, 15) is 0 Å². The third kappa shape index (κ3) is 3.08. The van der Waals surface area contributed by atoms with Gasteiger partial charge in [0.2, 0.25) is 5.95 Å². The lowest BCUT2D eigenvalue weighted by Gasteiger charge is -2.28. The molecule has 4 nitrogen and oxygen atoms in total. The molecule has 0 fully saturated rings. The first-order valence-corrected chi connectivity index (χ1v) is 5.73. The number of hydrogen-bond donors (Lipinski definition) is 1. The van der Waals surface area contributed by atoms with Crippen LogP contribution in [0.25, 0.3) is 0 Å². The summed E-state index contributed by atoms with van der Waals surface area (Å²) >= 11 is 0. The molecule has 0 aromatic carbocycles. The summed E-state index contributed by atoms with van der Waals surface area (Å²) in [7, 11) is 2.06. The average molecular weight is 222 g/mol. The Kier molecular flexibility index (Phi) is 4.10. The lowest BCUT2D eigenvalue weighted by Crippen LogP contribution is -2.31. The van der Waals surface area contributed by atoms with Crippen molar-refractivity contribution in [3.63, 3.8) is 0 Å². The third-order valence-corrected chi connectivity index (χ3v) is 2.77. The van der Waals surface area contributed by atoms with Crippen LogP contribution in [0.3, 0.4) is 0 Å². The van der Waals surface area contributed by atoms with Crippen molar-refractivity contribution < 1.29 is 0 Å². The lowest BCUT2D eigenvalue weighted by atomic mass is 10.0. The number of aryl methyl sites for hydroxylation is 1. The van der Waals surface area contributed by atoms with E-state index in [1.54, 1.807) is 6.20 Å². The fourth-order valence-electron chi connectivity index (χ4n) is 1.85. The van der Waals surface area contributed by atoms with Gasteiger partial charge in [-0.3, -0.25) is 0 Å². The maximum Gasteiger partial charge on any atom is 0.221 e. The van der Waals surface area contributed by atoms with Gasteiger partial charge in [-0.15, -0.1) is 0 Å². The second-order valence-electron chi connectivity index (χ2n) is 4.82. The van der Waals surface area contributed by atoms with Gasteiger partial charge < -0.3 is 10.6 Å². The van der Waals surface area contributed by atoms with Crippen LogP contribution in [0, 0.1) is 12.8 Å². The van der Waals surface area contributed by atoms with Crippen molar-refractivity contribution in [2.24, 2.45) is 5.92 Å². The van der Waals surface area contributed by atoms with Gasteiger partial charge in [-0.2, -0.15) is 4.98 Å². The van der Waals surface area contributed by atoms with Gasteiger partial charge in [0, 0.05) is 24.8 Å². The molecule has 90 valence electrons. The van der Waals surface area contributed by atoms with Crippen LogP contribution < -0.4 is 10.6 Å². The van der Waals surface area contributed by atoms with Crippen LogP contribution in [0.15, 0.2) is 6.20 Å². The summed E-state index contributed by atoms with van der Waals surface area (Å²) in [4.78, 5) is 10.4. The largest absolute Gasteiger partial charge is 0.368 e. The van der Waals surface area contributed by atoms with Crippen LogP contribution in [0.1, 0.15) is 32.8 Å². The predicted molar refractivity (Wildman–Crippen MR) is 68.5 cm³/mol.